The summed E-state index contributed by atoms with van der Waals surface area (Å²) in [6.45, 7) is 2.04. The van der Waals surface area contributed by atoms with Crippen molar-refractivity contribution in [1.82, 2.24) is 10.2 Å². The molecule has 2 N–H and O–H groups in total. The van der Waals surface area contributed by atoms with Crippen LogP contribution < -0.4 is 5.32 Å². The van der Waals surface area contributed by atoms with Gasteiger partial charge in [-0.1, -0.05) is 25.1 Å². The van der Waals surface area contributed by atoms with Gasteiger partial charge in [0.15, 0.2) is 0 Å². The number of amides is 1. The van der Waals surface area contributed by atoms with Crippen molar-refractivity contribution in [3.63, 3.8) is 0 Å². The maximum absolute atomic E-state index is 11.8. The van der Waals surface area contributed by atoms with Crippen molar-refractivity contribution in [1.29, 1.82) is 0 Å². The van der Waals surface area contributed by atoms with Gasteiger partial charge in [0.1, 0.15) is 5.82 Å². The number of nitrogens with zero attached hydrogens (tertiary/aromatic N) is 1. The highest BCUT2D eigenvalue weighted by Gasteiger charge is 2.07. The standard InChI is InChI=1S/C15H19N3OS/c1-2-12-11-16-18-15(12)17-14(19)9-6-10-20-13-7-4-3-5-8-13/h3-5,7-8,11H,2,6,9-10H2,1H3,(H2,16,17,18,19). The molecule has 0 fully saturated rings. The highest BCUT2D eigenvalue weighted by atomic mass is 32.2. The Morgan fingerprint density at radius 1 is 1.35 bits per heavy atom. The molecule has 0 bridgehead atoms. The molecule has 0 saturated heterocycles. The van der Waals surface area contributed by atoms with E-state index in [1.807, 2.05) is 25.1 Å². The summed E-state index contributed by atoms with van der Waals surface area (Å²) < 4.78 is 0. The van der Waals surface area contributed by atoms with Gasteiger partial charge < -0.3 is 5.32 Å². The van der Waals surface area contributed by atoms with Crippen LogP contribution in [0.5, 0.6) is 0 Å². The van der Waals surface area contributed by atoms with Gasteiger partial charge in [0.05, 0.1) is 6.20 Å². The summed E-state index contributed by atoms with van der Waals surface area (Å²) in [5.41, 5.74) is 1.04. The number of rotatable bonds is 7. The van der Waals surface area contributed by atoms with Gasteiger partial charge >= 0.3 is 0 Å². The van der Waals surface area contributed by atoms with Crippen LogP contribution >= 0.6 is 11.8 Å². The fourth-order valence-electron chi connectivity index (χ4n) is 1.83. The van der Waals surface area contributed by atoms with E-state index < -0.39 is 0 Å². The number of anilines is 1. The number of aromatic amines is 1. The molecule has 2 aromatic rings. The first kappa shape index (κ1) is 14.7. The van der Waals surface area contributed by atoms with Gasteiger partial charge in [-0.2, -0.15) is 5.10 Å². The maximum atomic E-state index is 11.8. The first-order valence-corrected chi connectivity index (χ1v) is 7.78. The van der Waals surface area contributed by atoms with Gasteiger partial charge in [-0.25, -0.2) is 0 Å². The SMILES string of the molecule is CCc1cn[nH]c1NC(=O)CCCSc1ccccc1. The number of hydrogen-bond acceptors (Lipinski definition) is 3. The minimum Gasteiger partial charge on any atom is -0.311 e. The van der Waals surface area contributed by atoms with E-state index in [0.717, 1.165) is 30.0 Å². The van der Waals surface area contributed by atoms with Gasteiger partial charge in [0.2, 0.25) is 5.91 Å². The number of thioether (sulfide) groups is 1. The first-order valence-electron chi connectivity index (χ1n) is 6.79. The van der Waals surface area contributed by atoms with E-state index in [0.29, 0.717) is 6.42 Å². The molecule has 4 nitrogen and oxygen atoms in total. The van der Waals surface area contributed by atoms with Crippen molar-refractivity contribution in [2.75, 3.05) is 11.1 Å². The Hall–Kier alpha value is -1.75. The number of benzene rings is 1. The van der Waals surface area contributed by atoms with Crippen molar-refractivity contribution in [3.8, 4) is 0 Å². The zero-order chi connectivity index (χ0) is 14.2. The second-order valence-electron chi connectivity index (χ2n) is 4.44. The third-order valence-corrected chi connectivity index (χ3v) is 4.02. The van der Waals surface area contributed by atoms with Crippen LogP contribution in [-0.2, 0) is 11.2 Å². The third kappa shape index (κ3) is 4.42. The monoisotopic (exact) mass is 289 g/mol. The highest BCUT2D eigenvalue weighted by molar-refractivity contribution is 7.99. The van der Waals surface area contributed by atoms with E-state index in [1.165, 1.54) is 4.90 Å². The van der Waals surface area contributed by atoms with Crippen LogP contribution in [0.1, 0.15) is 25.3 Å². The average molecular weight is 289 g/mol. The third-order valence-electron chi connectivity index (χ3n) is 2.92. The van der Waals surface area contributed by atoms with E-state index >= 15 is 0 Å². The molecule has 0 aliphatic carbocycles. The van der Waals surface area contributed by atoms with Gasteiger partial charge in [0, 0.05) is 16.9 Å². The molecule has 0 saturated carbocycles. The molecule has 1 amide bonds. The van der Waals surface area contributed by atoms with Gasteiger partial charge in [-0.15, -0.1) is 11.8 Å². The Kier molecular flexibility index (Phi) is 5.68. The average Bonchev–Trinajstić information content (AvgIpc) is 2.92. The van der Waals surface area contributed by atoms with Crippen LogP contribution in [0.15, 0.2) is 41.4 Å². The molecule has 5 heteroatoms. The summed E-state index contributed by atoms with van der Waals surface area (Å²) in [5, 5.41) is 9.63. The quantitative estimate of drug-likeness (QED) is 0.606. The summed E-state index contributed by atoms with van der Waals surface area (Å²) in [5.74, 6) is 1.71. The smallest absolute Gasteiger partial charge is 0.225 e. The summed E-state index contributed by atoms with van der Waals surface area (Å²) in [7, 11) is 0. The number of aryl methyl sites for hydroxylation is 1. The number of nitrogens with one attached hydrogen (secondary N) is 2. The molecule has 0 atom stereocenters. The molecule has 0 unspecified atom stereocenters. The molecule has 1 aromatic heterocycles. The lowest BCUT2D eigenvalue weighted by atomic mass is 10.2. The van der Waals surface area contributed by atoms with Crippen molar-refractivity contribution in [3.05, 3.63) is 42.1 Å². The Bertz CT molecular complexity index is 539. The normalized spacial score (nSPS) is 10.4. The zero-order valence-corrected chi connectivity index (χ0v) is 12.4. The largest absolute Gasteiger partial charge is 0.311 e. The minimum atomic E-state index is 0.0395. The molecule has 20 heavy (non-hydrogen) atoms. The summed E-state index contributed by atoms with van der Waals surface area (Å²) in [6, 6.07) is 10.2. The van der Waals surface area contributed by atoms with Crippen LogP contribution in [-0.4, -0.2) is 21.9 Å². The number of carbonyl (C=O) groups excluding carboxylic acids is 1. The second-order valence-corrected chi connectivity index (χ2v) is 5.61. The first-order chi connectivity index (χ1) is 9.79. The van der Waals surface area contributed by atoms with Gasteiger partial charge in [-0.05, 0) is 30.7 Å². The molecule has 0 spiro atoms. The lowest BCUT2D eigenvalue weighted by Crippen LogP contribution is -2.12. The van der Waals surface area contributed by atoms with E-state index in [9.17, 15) is 4.79 Å². The molecular weight excluding hydrogens is 270 g/mol. The van der Waals surface area contributed by atoms with Gasteiger partial charge in [0.25, 0.3) is 0 Å². The van der Waals surface area contributed by atoms with Crippen molar-refractivity contribution in [2.24, 2.45) is 0 Å². The summed E-state index contributed by atoms with van der Waals surface area (Å²) in [6.07, 6.45) is 4.00. The Morgan fingerprint density at radius 3 is 2.90 bits per heavy atom. The maximum Gasteiger partial charge on any atom is 0.225 e. The lowest BCUT2D eigenvalue weighted by molar-refractivity contribution is -0.116. The van der Waals surface area contributed by atoms with Crippen LogP contribution in [0.4, 0.5) is 5.82 Å². The predicted octanol–water partition coefficient (Wildman–Crippen LogP) is 3.48. The Labute approximate surface area is 123 Å². The van der Waals surface area contributed by atoms with E-state index in [4.69, 9.17) is 0 Å². The summed E-state index contributed by atoms with van der Waals surface area (Å²) in [4.78, 5) is 13.1. The molecule has 1 heterocycles. The Morgan fingerprint density at radius 2 is 2.15 bits per heavy atom. The number of H-pyrrole nitrogens is 1. The van der Waals surface area contributed by atoms with E-state index in [1.54, 1.807) is 18.0 Å². The molecule has 106 valence electrons. The second kappa shape index (κ2) is 7.75. The van der Waals surface area contributed by atoms with Crippen LogP contribution in [0.3, 0.4) is 0 Å². The van der Waals surface area contributed by atoms with Crippen molar-refractivity contribution < 1.29 is 4.79 Å². The highest BCUT2D eigenvalue weighted by Crippen LogP contribution is 2.18. The van der Waals surface area contributed by atoms with Gasteiger partial charge in [-0.3, -0.25) is 9.89 Å². The number of carbonyl (C=O) groups is 1. The molecule has 1 aromatic carbocycles. The molecular formula is C15H19N3OS. The molecule has 0 aliphatic rings. The topological polar surface area (TPSA) is 57.8 Å². The molecule has 0 aliphatic heterocycles. The fourth-order valence-corrected chi connectivity index (χ4v) is 2.70. The summed E-state index contributed by atoms with van der Waals surface area (Å²) >= 11 is 1.78. The van der Waals surface area contributed by atoms with Crippen molar-refractivity contribution >= 4 is 23.5 Å². The fraction of sp³-hybridized carbons (Fsp3) is 0.333. The van der Waals surface area contributed by atoms with E-state index in [-0.39, 0.29) is 5.91 Å². The van der Waals surface area contributed by atoms with Crippen LogP contribution in [0, 0.1) is 0 Å². The number of aromatic nitrogens is 2. The molecule has 2 rings (SSSR count). The zero-order valence-electron chi connectivity index (χ0n) is 11.6. The molecule has 0 radical (unpaired) electrons. The number of hydrogen-bond donors (Lipinski definition) is 2. The lowest BCUT2D eigenvalue weighted by Gasteiger charge is -2.05. The van der Waals surface area contributed by atoms with E-state index in [2.05, 4.69) is 27.6 Å². The van der Waals surface area contributed by atoms with Crippen LogP contribution in [0.25, 0.3) is 0 Å². The van der Waals surface area contributed by atoms with Crippen molar-refractivity contribution in [2.45, 2.75) is 31.1 Å². The minimum absolute atomic E-state index is 0.0395. The Balaban J connectivity index is 1.68. The van der Waals surface area contributed by atoms with Crippen LogP contribution in [0.2, 0.25) is 0 Å². The predicted molar refractivity (Wildman–Crippen MR) is 83.0 cm³/mol.